The maximum atomic E-state index is 13.6. The van der Waals surface area contributed by atoms with Crippen LogP contribution in [-0.4, -0.2) is 30.4 Å². The lowest BCUT2D eigenvalue weighted by molar-refractivity contribution is -0.155. The van der Waals surface area contributed by atoms with Crippen LogP contribution in [0.2, 0.25) is 0 Å². The molecule has 2 rings (SSSR count). The van der Waals surface area contributed by atoms with Gasteiger partial charge in [0, 0.05) is 19.2 Å². The highest BCUT2D eigenvalue weighted by Gasteiger charge is 2.32. The highest BCUT2D eigenvalue weighted by atomic mass is 19.1. The second-order valence-electron chi connectivity index (χ2n) is 6.41. The predicted molar refractivity (Wildman–Crippen MR) is 93.3 cm³/mol. The third-order valence-corrected chi connectivity index (χ3v) is 4.12. The topological polar surface area (TPSA) is 46.6 Å². The first-order valence-corrected chi connectivity index (χ1v) is 8.02. The molecule has 2 aromatic rings. The van der Waals surface area contributed by atoms with Gasteiger partial charge in [-0.15, -0.1) is 0 Å². The number of hydrogen-bond acceptors (Lipinski definition) is 3. The van der Waals surface area contributed by atoms with E-state index in [1.54, 1.807) is 39.1 Å². The first kappa shape index (κ1) is 18.6. The standard InChI is InChI=1S/C20H22FNO3/c1-20(2,16-10-5-4-6-11-16)19(24)25-14-18(23)22(3)13-15-9-7-8-12-17(15)21/h4-12H,13-14H2,1-3H3. The molecule has 0 N–H and O–H groups in total. The average Bonchev–Trinajstić information content (AvgIpc) is 2.61. The Morgan fingerprint density at radius 1 is 1.04 bits per heavy atom. The maximum Gasteiger partial charge on any atom is 0.316 e. The Labute approximate surface area is 147 Å². The molecular formula is C20H22FNO3. The SMILES string of the molecule is CN(Cc1ccccc1F)C(=O)COC(=O)C(C)(C)c1ccccc1. The van der Waals surface area contributed by atoms with Crippen molar-refractivity contribution >= 4 is 11.9 Å². The summed E-state index contributed by atoms with van der Waals surface area (Å²) in [6.45, 7) is 3.24. The summed E-state index contributed by atoms with van der Waals surface area (Å²) < 4.78 is 18.8. The third kappa shape index (κ3) is 4.66. The van der Waals surface area contributed by atoms with Gasteiger partial charge in [0.2, 0.25) is 0 Å². The molecular weight excluding hydrogens is 321 g/mol. The molecule has 5 heteroatoms. The molecule has 0 unspecified atom stereocenters. The summed E-state index contributed by atoms with van der Waals surface area (Å²) in [5.74, 6) is -1.24. The average molecular weight is 343 g/mol. The van der Waals surface area contributed by atoms with Crippen LogP contribution in [0.5, 0.6) is 0 Å². The first-order chi connectivity index (χ1) is 11.8. The molecule has 0 aromatic heterocycles. The minimum Gasteiger partial charge on any atom is -0.455 e. The molecule has 4 nitrogen and oxygen atoms in total. The van der Waals surface area contributed by atoms with Crippen molar-refractivity contribution in [1.29, 1.82) is 0 Å². The van der Waals surface area contributed by atoms with Crippen molar-refractivity contribution in [2.75, 3.05) is 13.7 Å². The molecule has 0 saturated heterocycles. The number of benzene rings is 2. The summed E-state index contributed by atoms with van der Waals surface area (Å²) in [6.07, 6.45) is 0. The fourth-order valence-corrected chi connectivity index (χ4v) is 2.36. The van der Waals surface area contributed by atoms with Crippen molar-refractivity contribution in [3.63, 3.8) is 0 Å². The van der Waals surface area contributed by atoms with E-state index in [9.17, 15) is 14.0 Å². The van der Waals surface area contributed by atoms with Gasteiger partial charge in [0.25, 0.3) is 5.91 Å². The minimum absolute atomic E-state index is 0.116. The van der Waals surface area contributed by atoms with Crippen LogP contribution < -0.4 is 0 Å². The van der Waals surface area contributed by atoms with Crippen LogP contribution in [0.25, 0.3) is 0 Å². The van der Waals surface area contributed by atoms with Crippen LogP contribution in [0.3, 0.4) is 0 Å². The van der Waals surface area contributed by atoms with Gasteiger partial charge in [0.05, 0.1) is 5.41 Å². The molecule has 0 aliphatic carbocycles. The van der Waals surface area contributed by atoms with Crippen LogP contribution in [0.4, 0.5) is 4.39 Å². The lowest BCUT2D eigenvalue weighted by Crippen LogP contribution is -2.36. The second kappa shape index (κ2) is 7.92. The van der Waals surface area contributed by atoms with Crippen molar-refractivity contribution in [3.05, 3.63) is 71.5 Å². The number of carbonyl (C=O) groups excluding carboxylic acids is 2. The van der Waals surface area contributed by atoms with Gasteiger partial charge in [-0.3, -0.25) is 9.59 Å². The largest absolute Gasteiger partial charge is 0.455 e. The molecule has 0 heterocycles. The van der Waals surface area contributed by atoms with Gasteiger partial charge in [0.15, 0.2) is 6.61 Å². The van der Waals surface area contributed by atoms with E-state index >= 15 is 0 Å². The van der Waals surface area contributed by atoms with Gasteiger partial charge in [-0.1, -0.05) is 48.5 Å². The van der Waals surface area contributed by atoms with Crippen molar-refractivity contribution < 1.29 is 18.7 Å². The molecule has 0 aliphatic heterocycles. The zero-order valence-corrected chi connectivity index (χ0v) is 14.7. The number of nitrogens with zero attached hydrogens (tertiary/aromatic N) is 1. The number of carbonyl (C=O) groups is 2. The molecule has 0 bridgehead atoms. The van der Waals surface area contributed by atoms with E-state index in [1.165, 1.54) is 11.0 Å². The summed E-state index contributed by atoms with van der Waals surface area (Å²) in [7, 11) is 1.55. The Kier molecular flexibility index (Phi) is 5.91. The number of rotatable bonds is 6. The Morgan fingerprint density at radius 3 is 2.28 bits per heavy atom. The van der Waals surface area contributed by atoms with Crippen molar-refractivity contribution in [2.24, 2.45) is 0 Å². The second-order valence-corrected chi connectivity index (χ2v) is 6.41. The number of likely N-dealkylation sites (N-methyl/N-ethyl adjacent to an activating group) is 1. The molecule has 0 atom stereocenters. The number of hydrogen-bond donors (Lipinski definition) is 0. The zero-order chi connectivity index (χ0) is 18.4. The quantitative estimate of drug-likeness (QED) is 0.756. The third-order valence-electron chi connectivity index (χ3n) is 4.12. The van der Waals surface area contributed by atoms with Crippen LogP contribution in [0, 0.1) is 5.82 Å². The Morgan fingerprint density at radius 2 is 1.64 bits per heavy atom. The van der Waals surface area contributed by atoms with Gasteiger partial charge in [-0.25, -0.2) is 4.39 Å². The van der Waals surface area contributed by atoms with Crippen molar-refractivity contribution in [1.82, 2.24) is 4.90 Å². The smallest absolute Gasteiger partial charge is 0.316 e. The van der Waals surface area contributed by atoms with Gasteiger partial charge < -0.3 is 9.64 Å². The highest BCUT2D eigenvalue weighted by Crippen LogP contribution is 2.24. The van der Waals surface area contributed by atoms with Crippen molar-refractivity contribution in [2.45, 2.75) is 25.8 Å². The Balaban J connectivity index is 1.93. The normalized spacial score (nSPS) is 11.0. The maximum absolute atomic E-state index is 13.6. The molecule has 0 aliphatic rings. The molecule has 0 saturated carbocycles. The number of esters is 1. The zero-order valence-electron chi connectivity index (χ0n) is 14.7. The van der Waals surface area contributed by atoms with Gasteiger partial charge in [0.1, 0.15) is 5.82 Å². The lowest BCUT2D eigenvalue weighted by Gasteiger charge is -2.24. The van der Waals surface area contributed by atoms with Crippen LogP contribution in [0.15, 0.2) is 54.6 Å². The summed E-state index contributed by atoms with van der Waals surface area (Å²) in [5, 5.41) is 0. The van der Waals surface area contributed by atoms with E-state index in [0.717, 1.165) is 5.56 Å². The van der Waals surface area contributed by atoms with E-state index in [2.05, 4.69) is 0 Å². The summed E-state index contributed by atoms with van der Waals surface area (Å²) in [4.78, 5) is 25.8. The fraction of sp³-hybridized carbons (Fsp3) is 0.300. The summed E-state index contributed by atoms with van der Waals surface area (Å²) in [5.41, 5.74) is 0.368. The summed E-state index contributed by atoms with van der Waals surface area (Å²) >= 11 is 0. The molecule has 2 aromatic carbocycles. The molecule has 0 radical (unpaired) electrons. The first-order valence-electron chi connectivity index (χ1n) is 8.02. The molecule has 132 valence electrons. The number of amides is 1. The van der Waals surface area contributed by atoms with E-state index in [4.69, 9.17) is 4.74 Å². The minimum atomic E-state index is -0.856. The lowest BCUT2D eigenvalue weighted by atomic mass is 9.85. The van der Waals surface area contributed by atoms with Gasteiger partial charge >= 0.3 is 5.97 Å². The van der Waals surface area contributed by atoms with Crippen LogP contribution in [-0.2, 0) is 26.3 Å². The van der Waals surface area contributed by atoms with Crippen LogP contribution in [0.1, 0.15) is 25.0 Å². The fourth-order valence-electron chi connectivity index (χ4n) is 2.36. The van der Waals surface area contributed by atoms with Gasteiger partial charge in [-0.05, 0) is 25.5 Å². The highest BCUT2D eigenvalue weighted by molar-refractivity contribution is 5.85. The number of ether oxygens (including phenoxy) is 1. The van der Waals surface area contributed by atoms with Gasteiger partial charge in [-0.2, -0.15) is 0 Å². The van der Waals surface area contributed by atoms with E-state index < -0.39 is 11.4 Å². The molecule has 0 fully saturated rings. The summed E-state index contributed by atoms with van der Waals surface area (Å²) in [6, 6.07) is 15.5. The Bertz CT molecular complexity index is 744. The van der Waals surface area contributed by atoms with E-state index in [0.29, 0.717) is 5.56 Å². The van der Waals surface area contributed by atoms with Crippen LogP contribution >= 0.6 is 0 Å². The molecule has 25 heavy (non-hydrogen) atoms. The van der Waals surface area contributed by atoms with E-state index in [-0.39, 0.29) is 24.9 Å². The number of halogens is 1. The molecule has 1 amide bonds. The van der Waals surface area contributed by atoms with E-state index in [1.807, 2.05) is 30.3 Å². The predicted octanol–water partition coefficient (Wildman–Crippen LogP) is 3.31. The van der Waals surface area contributed by atoms with Crippen molar-refractivity contribution in [3.8, 4) is 0 Å². The Hall–Kier alpha value is -2.69. The molecule has 0 spiro atoms. The monoisotopic (exact) mass is 343 g/mol.